The molecule has 0 spiro atoms. The van der Waals surface area contributed by atoms with Gasteiger partial charge in [-0.15, -0.1) is 0 Å². The minimum Gasteiger partial charge on any atom is -0.480 e. The summed E-state index contributed by atoms with van der Waals surface area (Å²) in [6, 6.07) is -0.838. The van der Waals surface area contributed by atoms with E-state index in [1.54, 1.807) is 6.19 Å². The summed E-state index contributed by atoms with van der Waals surface area (Å²) in [4.78, 5) is 11.5. The van der Waals surface area contributed by atoms with Crippen molar-refractivity contribution in [3.63, 3.8) is 0 Å². The number of aliphatic hydroxyl groups excluding tert-OH is 1. The van der Waals surface area contributed by atoms with Crippen LogP contribution in [0.2, 0.25) is 0 Å². The predicted octanol–water partition coefficient (Wildman–Crippen LogP) is -1.01. The second kappa shape index (κ2) is 2.76. The van der Waals surface area contributed by atoms with Gasteiger partial charge in [0.25, 0.3) is 0 Å². The molecule has 0 amide bonds. The SMILES string of the molecule is N#CN1C[C@H](O)C[C@H]1C(=O)O. The Balaban J connectivity index is 2.67. The Morgan fingerprint density at radius 1 is 1.73 bits per heavy atom. The second-order valence-electron chi connectivity index (χ2n) is 2.50. The van der Waals surface area contributed by atoms with Crippen molar-refractivity contribution in [1.29, 1.82) is 5.26 Å². The van der Waals surface area contributed by atoms with E-state index in [1.807, 2.05) is 0 Å². The molecule has 0 aromatic rings. The number of carboxylic acids is 1. The zero-order valence-electron chi connectivity index (χ0n) is 5.77. The van der Waals surface area contributed by atoms with Crippen molar-refractivity contribution in [2.45, 2.75) is 18.6 Å². The van der Waals surface area contributed by atoms with Crippen LogP contribution in [0, 0.1) is 11.5 Å². The zero-order valence-corrected chi connectivity index (χ0v) is 5.77. The van der Waals surface area contributed by atoms with Crippen LogP contribution in [0.15, 0.2) is 0 Å². The summed E-state index contributed by atoms with van der Waals surface area (Å²) in [5.41, 5.74) is 0. The Kier molecular flexibility index (Phi) is 1.96. The lowest BCUT2D eigenvalue weighted by Gasteiger charge is -2.11. The van der Waals surface area contributed by atoms with Gasteiger partial charge in [0.05, 0.1) is 12.6 Å². The van der Waals surface area contributed by atoms with Gasteiger partial charge in [-0.25, -0.2) is 4.79 Å². The number of nitrogens with zero attached hydrogens (tertiary/aromatic N) is 2. The Morgan fingerprint density at radius 3 is 2.73 bits per heavy atom. The number of hydrogen-bond acceptors (Lipinski definition) is 4. The van der Waals surface area contributed by atoms with Gasteiger partial charge in [-0.3, -0.25) is 4.90 Å². The standard InChI is InChI=1S/C6H8N2O3/c7-3-8-2-4(9)1-5(8)6(10)11/h4-5,9H,1-2H2,(H,10,11)/t4-,5+/m1/s1. The Bertz CT molecular complexity index is 210. The number of aliphatic hydroxyl groups is 1. The van der Waals surface area contributed by atoms with Crippen LogP contribution >= 0.6 is 0 Å². The van der Waals surface area contributed by atoms with Crippen molar-refractivity contribution in [3.05, 3.63) is 0 Å². The molecule has 0 aromatic carbocycles. The third-order valence-corrected chi connectivity index (χ3v) is 1.69. The van der Waals surface area contributed by atoms with E-state index in [2.05, 4.69) is 0 Å². The van der Waals surface area contributed by atoms with Gasteiger partial charge in [0.1, 0.15) is 6.04 Å². The second-order valence-corrected chi connectivity index (χ2v) is 2.50. The van der Waals surface area contributed by atoms with Crippen molar-refractivity contribution in [2.75, 3.05) is 6.54 Å². The van der Waals surface area contributed by atoms with Crippen LogP contribution in [0.4, 0.5) is 0 Å². The smallest absolute Gasteiger partial charge is 0.327 e. The largest absolute Gasteiger partial charge is 0.480 e. The van der Waals surface area contributed by atoms with Crippen molar-refractivity contribution in [3.8, 4) is 6.19 Å². The molecule has 1 rings (SSSR count). The molecule has 5 nitrogen and oxygen atoms in total. The average molecular weight is 156 g/mol. The van der Waals surface area contributed by atoms with E-state index in [-0.39, 0.29) is 13.0 Å². The number of nitriles is 1. The summed E-state index contributed by atoms with van der Waals surface area (Å²) in [5.74, 6) is -1.05. The number of rotatable bonds is 1. The Labute approximate surface area is 63.5 Å². The lowest BCUT2D eigenvalue weighted by atomic mass is 10.2. The van der Waals surface area contributed by atoms with E-state index in [0.717, 1.165) is 4.90 Å². The number of carbonyl (C=O) groups is 1. The molecule has 2 atom stereocenters. The van der Waals surface area contributed by atoms with Gasteiger partial charge in [-0.1, -0.05) is 0 Å². The van der Waals surface area contributed by atoms with E-state index in [1.165, 1.54) is 0 Å². The van der Waals surface area contributed by atoms with Crippen LogP contribution in [-0.2, 0) is 4.79 Å². The fraction of sp³-hybridized carbons (Fsp3) is 0.667. The molecule has 11 heavy (non-hydrogen) atoms. The molecule has 0 bridgehead atoms. The van der Waals surface area contributed by atoms with E-state index in [4.69, 9.17) is 15.5 Å². The molecule has 1 heterocycles. The highest BCUT2D eigenvalue weighted by molar-refractivity contribution is 5.74. The lowest BCUT2D eigenvalue weighted by Crippen LogP contribution is -2.31. The number of hydrogen-bond donors (Lipinski definition) is 2. The highest BCUT2D eigenvalue weighted by atomic mass is 16.4. The minimum atomic E-state index is -1.05. The molecule has 0 saturated carbocycles. The molecule has 1 saturated heterocycles. The summed E-state index contributed by atoms with van der Waals surface area (Å²) in [7, 11) is 0. The maximum Gasteiger partial charge on any atom is 0.327 e. The zero-order chi connectivity index (χ0) is 8.43. The number of likely N-dealkylation sites (tertiary alicyclic amines) is 1. The quantitative estimate of drug-likeness (QED) is 0.475. The molecule has 1 aliphatic heterocycles. The van der Waals surface area contributed by atoms with Crippen LogP contribution in [0.1, 0.15) is 6.42 Å². The number of carboxylic acid groups (broad SMARTS) is 1. The summed E-state index contributed by atoms with van der Waals surface area (Å²) in [5, 5.41) is 25.9. The van der Waals surface area contributed by atoms with Crippen LogP contribution in [0.3, 0.4) is 0 Å². The van der Waals surface area contributed by atoms with Gasteiger partial charge in [0.15, 0.2) is 6.19 Å². The maximum absolute atomic E-state index is 10.4. The van der Waals surface area contributed by atoms with Crippen molar-refractivity contribution >= 4 is 5.97 Å². The number of aliphatic carboxylic acids is 1. The number of β-amino-alcohol motifs (C(OH)–C–C–N with tert-alkyl or cyclic N) is 1. The molecule has 1 aliphatic rings. The van der Waals surface area contributed by atoms with E-state index in [0.29, 0.717) is 0 Å². The first-order valence-corrected chi connectivity index (χ1v) is 3.22. The Hall–Kier alpha value is -1.28. The van der Waals surface area contributed by atoms with Crippen LogP contribution in [0.5, 0.6) is 0 Å². The highest BCUT2D eigenvalue weighted by Gasteiger charge is 2.35. The fourth-order valence-electron chi connectivity index (χ4n) is 1.16. The first-order chi connectivity index (χ1) is 5.15. The van der Waals surface area contributed by atoms with Gasteiger partial charge < -0.3 is 10.2 Å². The average Bonchev–Trinajstić information content (AvgIpc) is 2.30. The Morgan fingerprint density at radius 2 is 2.36 bits per heavy atom. The van der Waals surface area contributed by atoms with E-state index >= 15 is 0 Å². The molecule has 0 unspecified atom stereocenters. The van der Waals surface area contributed by atoms with E-state index in [9.17, 15) is 4.79 Å². The third-order valence-electron chi connectivity index (χ3n) is 1.69. The summed E-state index contributed by atoms with van der Waals surface area (Å²) in [6.45, 7) is 0.132. The maximum atomic E-state index is 10.4. The molecule has 0 aromatic heterocycles. The van der Waals surface area contributed by atoms with Gasteiger partial charge in [0.2, 0.25) is 0 Å². The van der Waals surface area contributed by atoms with Gasteiger partial charge >= 0.3 is 5.97 Å². The first-order valence-electron chi connectivity index (χ1n) is 3.22. The topological polar surface area (TPSA) is 84.6 Å². The van der Waals surface area contributed by atoms with Crippen LogP contribution in [-0.4, -0.2) is 39.8 Å². The molecular formula is C6H8N2O3. The molecule has 5 heteroatoms. The molecule has 2 N–H and O–H groups in total. The van der Waals surface area contributed by atoms with Gasteiger partial charge in [-0.05, 0) is 0 Å². The summed E-state index contributed by atoms with van der Waals surface area (Å²) in [6.07, 6.45) is 1.18. The molecular weight excluding hydrogens is 148 g/mol. The molecule has 0 aliphatic carbocycles. The van der Waals surface area contributed by atoms with Crippen molar-refractivity contribution in [2.24, 2.45) is 0 Å². The monoisotopic (exact) mass is 156 g/mol. The third kappa shape index (κ3) is 1.41. The van der Waals surface area contributed by atoms with Crippen LogP contribution in [0.25, 0.3) is 0 Å². The molecule has 60 valence electrons. The molecule has 0 radical (unpaired) electrons. The minimum absolute atomic E-state index is 0.132. The predicted molar refractivity (Wildman–Crippen MR) is 34.4 cm³/mol. The van der Waals surface area contributed by atoms with Crippen LogP contribution < -0.4 is 0 Å². The van der Waals surface area contributed by atoms with E-state index < -0.39 is 18.1 Å². The summed E-state index contributed by atoms with van der Waals surface area (Å²) >= 11 is 0. The first kappa shape index (κ1) is 7.82. The van der Waals surface area contributed by atoms with Crippen molar-refractivity contribution < 1.29 is 15.0 Å². The van der Waals surface area contributed by atoms with Crippen molar-refractivity contribution in [1.82, 2.24) is 4.90 Å². The fourth-order valence-corrected chi connectivity index (χ4v) is 1.16. The normalized spacial score (nSPS) is 30.0. The summed E-state index contributed by atoms with van der Waals surface area (Å²) < 4.78 is 0. The lowest BCUT2D eigenvalue weighted by molar-refractivity contribution is -0.141. The van der Waals surface area contributed by atoms with Gasteiger partial charge in [-0.2, -0.15) is 5.26 Å². The molecule has 1 fully saturated rings. The van der Waals surface area contributed by atoms with Gasteiger partial charge in [0, 0.05) is 6.42 Å². The highest BCUT2D eigenvalue weighted by Crippen LogP contribution is 2.16.